The van der Waals surface area contributed by atoms with E-state index in [1.807, 2.05) is 36.9 Å². The molecule has 3 N–H and O–H groups in total. The van der Waals surface area contributed by atoms with Crippen LogP contribution >= 0.6 is 11.8 Å². The smallest absolute Gasteiger partial charge is 0.130 e. The molecule has 0 aliphatic carbocycles. The number of nitrogens with one attached hydrogen (secondary N) is 1. The molecular formula is C22H24N6OS. The van der Waals surface area contributed by atoms with Gasteiger partial charge in [-0.05, 0) is 43.3 Å². The Hall–Kier alpha value is -3.13. The van der Waals surface area contributed by atoms with Crippen LogP contribution in [0.1, 0.15) is 22.6 Å². The molecule has 2 aromatic heterocycles. The molecule has 3 aromatic rings. The molecule has 1 fully saturated rings. The summed E-state index contributed by atoms with van der Waals surface area (Å²) >= 11 is 1.97. The number of pyridine rings is 1. The van der Waals surface area contributed by atoms with Gasteiger partial charge in [0.1, 0.15) is 24.0 Å². The third kappa shape index (κ3) is 4.71. The lowest BCUT2D eigenvalue weighted by Crippen LogP contribution is -2.33. The summed E-state index contributed by atoms with van der Waals surface area (Å²) in [6, 6.07) is 11.1. The summed E-state index contributed by atoms with van der Waals surface area (Å²) in [7, 11) is 0. The normalized spacial score (nSPS) is 13.8. The van der Waals surface area contributed by atoms with Crippen molar-refractivity contribution in [1.82, 2.24) is 15.0 Å². The zero-order valence-corrected chi connectivity index (χ0v) is 17.7. The van der Waals surface area contributed by atoms with Crippen LogP contribution in [0.5, 0.6) is 5.75 Å². The minimum Gasteiger partial charge on any atom is -0.487 e. The molecule has 0 amide bonds. The van der Waals surface area contributed by atoms with Crippen LogP contribution in [0.2, 0.25) is 0 Å². The summed E-state index contributed by atoms with van der Waals surface area (Å²) in [5.41, 5.74) is 9.15. The zero-order valence-electron chi connectivity index (χ0n) is 16.8. The summed E-state index contributed by atoms with van der Waals surface area (Å²) in [6.45, 7) is 4.18. The van der Waals surface area contributed by atoms with Crippen LogP contribution in [-0.2, 0) is 6.61 Å². The Morgan fingerprint density at radius 1 is 1.17 bits per heavy atom. The molecule has 1 aliphatic heterocycles. The monoisotopic (exact) mass is 420 g/mol. The predicted octanol–water partition coefficient (Wildman–Crippen LogP) is 3.31. The maximum Gasteiger partial charge on any atom is 0.130 e. The first-order valence-electron chi connectivity index (χ1n) is 9.79. The number of hydrogen-bond donors (Lipinski definition) is 2. The number of aryl methyl sites for hydroxylation is 1. The fourth-order valence-electron chi connectivity index (χ4n) is 3.25. The molecule has 0 unspecified atom stereocenters. The van der Waals surface area contributed by atoms with Crippen LogP contribution < -0.4 is 15.4 Å². The number of nitrogen functional groups attached to an aromatic ring is 1. The quantitative estimate of drug-likeness (QED) is 0.466. The van der Waals surface area contributed by atoms with Gasteiger partial charge in [0.15, 0.2) is 0 Å². The van der Waals surface area contributed by atoms with E-state index < -0.39 is 0 Å². The molecule has 154 valence electrons. The molecule has 0 atom stereocenters. The summed E-state index contributed by atoms with van der Waals surface area (Å²) in [4.78, 5) is 15.3. The van der Waals surface area contributed by atoms with Gasteiger partial charge in [0.05, 0.1) is 11.4 Å². The van der Waals surface area contributed by atoms with Crippen molar-refractivity contribution >= 4 is 29.0 Å². The highest BCUT2D eigenvalue weighted by molar-refractivity contribution is 7.99. The number of anilines is 2. The van der Waals surface area contributed by atoms with Gasteiger partial charge < -0.3 is 15.4 Å². The molecule has 4 rings (SSSR count). The Kier molecular flexibility index (Phi) is 6.13. The van der Waals surface area contributed by atoms with Gasteiger partial charge in [-0.2, -0.15) is 11.8 Å². The van der Waals surface area contributed by atoms with Gasteiger partial charge in [-0.25, -0.2) is 15.0 Å². The fraction of sp³-hybridized carbons (Fsp3) is 0.273. The van der Waals surface area contributed by atoms with Gasteiger partial charge in [0.25, 0.3) is 0 Å². The van der Waals surface area contributed by atoms with E-state index in [1.165, 1.54) is 0 Å². The molecule has 1 saturated heterocycles. The van der Waals surface area contributed by atoms with Crippen molar-refractivity contribution in [1.29, 1.82) is 5.41 Å². The molecule has 0 saturated carbocycles. The van der Waals surface area contributed by atoms with E-state index >= 15 is 0 Å². The number of rotatable bonds is 6. The number of ether oxygens (including phenoxy) is 1. The molecule has 3 heterocycles. The van der Waals surface area contributed by atoms with E-state index in [0.717, 1.165) is 41.7 Å². The molecule has 30 heavy (non-hydrogen) atoms. The molecule has 1 aliphatic rings. The fourth-order valence-corrected chi connectivity index (χ4v) is 4.16. The van der Waals surface area contributed by atoms with E-state index in [-0.39, 0.29) is 0 Å². The highest BCUT2D eigenvalue weighted by Crippen LogP contribution is 2.24. The molecule has 1 aromatic carbocycles. The summed E-state index contributed by atoms with van der Waals surface area (Å²) in [5, 5.41) is 8.63. The second kappa shape index (κ2) is 9.13. The van der Waals surface area contributed by atoms with E-state index in [4.69, 9.17) is 15.9 Å². The lowest BCUT2D eigenvalue weighted by atomic mass is 10.0. The van der Waals surface area contributed by atoms with Gasteiger partial charge in [0.2, 0.25) is 0 Å². The minimum atomic E-state index is 0.323. The second-order valence-electron chi connectivity index (χ2n) is 7.01. The van der Waals surface area contributed by atoms with E-state index in [9.17, 15) is 0 Å². The number of thioether (sulfide) groups is 1. The SMILES string of the molecule is Cc1nccc(COc2ccc(N)c(C(=N)c3ccc(N4CCSCC4)nc3)c2)n1. The van der Waals surface area contributed by atoms with Crippen LogP contribution in [0.4, 0.5) is 11.5 Å². The largest absolute Gasteiger partial charge is 0.487 e. The first-order chi connectivity index (χ1) is 14.6. The second-order valence-corrected chi connectivity index (χ2v) is 8.24. The van der Waals surface area contributed by atoms with Crippen molar-refractivity contribution in [3.63, 3.8) is 0 Å². The Balaban J connectivity index is 1.48. The van der Waals surface area contributed by atoms with Crippen LogP contribution in [0.25, 0.3) is 0 Å². The minimum absolute atomic E-state index is 0.323. The first-order valence-corrected chi connectivity index (χ1v) is 10.9. The number of nitrogens with zero attached hydrogens (tertiary/aromatic N) is 4. The van der Waals surface area contributed by atoms with Crippen molar-refractivity contribution in [3.8, 4) is 5.75 Å². The standard InChI is InChI=1S/C22H24N6OS/c1-15-25-7-6-17(27-15)14-29-18-3-4-20(23)19(12-18)22(24)16-2-5-21(26-13-16)28-8-10-30-11-9-28/h2-7,12-13,24H,8-11,14,23H2,1H3. The molecule has 0 radical (unpaired) electrons. The van der Waals surface area contributed by atoms with E-state index in [1.54, 1.807) is 30.6 Å². The molecular weight excluding hydrogens is 396 g/mol. The Morgan fingerprint density at radius 2 is 2.00 bits per heavy atom. The number of nitrogens with two attached hydrogens (primary N) is 1. The average Bonchev–Trinajstić information content (AvgIpc) is 2.79. The Labute approximate surface area is 180 Å². The molecule has 7 nitrogen and oxygen atoms in total. The maximum absolute atomic E-state index is 8.63. The van der Waals surface area contributed by atoms with Crippen LogP contribution in [0.15, 0.2) is 48.8 Å². The van der Waals surface area contributed by atoms with Crippen LogP contribution in [0, 0.1) is 12.3 Å². The average molecular weight is 421 g/mol. The van der Waals surface area contributed by atoms with Gasteiger partial charge in [-0.1, -0.05) is 0 Å². The summed E-state index contributed by atoms with van der Waals surface area (Å²) in [5.74, 6) is 4.54. The van der Waals surface area contributed by atoms with Gasteiger partial charge in [-0.3, -0.25) is 5.41 Å². The molecule has 0 spiro atoms. The van der Waals surface area contributed by atoms with Gasteiger partial charge in [-0.15, -0.1) is 0 Å². The van der Waals surface area contributed by atoms with Crippen LogP contribution in [0.3, 0.4) is 0 Å². The lowest BCUT2D eigenvalue weighted by Gasteiger charge is -2.27. The van der Waals surface area contributed by atoms with Gasteiger partial charge in [0, 0.05) is 53.8 Å². The first kappa shape index (κ1) is 20.2. The van der Waals surface area contributed by atoms with E-state index in [0.29, 0.717) is 35.1 Å². The number of benzene rings is 1. The number of aromatic nitrogens is 3. The highest BCUT2D eigenvalue weighted by Gasteiger charge is 2.14. The topological polar surface area (TPSA) is 101 Å². The third-order valence-corrected chi connectivity index (χ3v) is 5.83. The molecule has 8 heteroatoms. The van der Waals surface area contributed by atoms with Crippen molar-refractivity contribution in [2.45, 2.75) is 13.5 Å². The maximum atomic E-state index is 8.63. The third-order valence-electron chi connectivity index (χ3n) is 4.89. The molecule has 0 bridgehead atoms. The highest BCUT2D eigenvalue weighted by atomic mass is 32.2. The van der Waals surface area contributed by atoms with Crippen molar-refractivity contribution in [3.05, 3.63) is 71.4 Å². The lowest BCUT2D eigenvalue weighted by molar-refractivity contribution is 0.301. The zero-order chi connectivity index (χ0) is 20.9. The van der Waals surface area contributed by atoms with Crippen molar-refractivity contribution < 1.29 is 4.74 Å². The summed E-state index contributed by atoms with van der Waals surface area (Å²) in [6.07, 6.45) is 3.46. The summed E-state index contributed by atoms with van der Waals surface area (Å²) < 4.78 is 5.86. The van der Waals surface area contributed by atoms with Crippen molar-refractivity contribution in [2.75, 3.05) is 35.2 Å². The van der Waals surface area contributed by atoms with Crippen molar-refractivity contribution in [2.24, 2.45) is 0 Å². The van der Waals surface area contributed by atoms with Gasteiger partial charge >= 0.3 is 0 Å². The Bertz CT molecular complexity index is 1030. The predicted molar refractivity (Wildman–Crippen MR) is 122 cm³/mol. The number of hydrogen-bond acceptors (Lipinski definition) is 8. The Morgan fingerprint density at radius 3 is 2.73 bits per heavy atom. The van der Waals surface area contributed by atoms with Crippen LogP contribution in [-0.4, -0.2) is 45.3 Å². The van der Waals surface area contributed by atoms with E-state index in [2.05, 4.69) is 19.9 Å².